The van der Waals surface area contributed by atoms with Crippen molar-refractivity contribution in [3.63, 3.8) is 0 Å². The van der Waals surface area contributed by atoms with Crippen LogP contribution in [-0.4, -0.2) is 9.78 Å². The van der Waals surface area contributed by atoms with Gasteiger partial charge in [-0.1, -0.05) is 17.7 Å². The summed E-state index contributed by atoms with van der Waals surface area (Å²) in [6, 6.07) is 4.83. The molecule has 1 aliphatic rings. The van der Waals surface area contributed by atoms with Crippen LogP contribution in [0.3, 0.4) is 0 Å². The van der Waals surface area contributed by atoms with Gasteiger partial charge in [0.05, 0.1) is 6.20 Å². The Balaban J connectivity index is 1.73. The maximum absolute atomic E-state index is 13.0. The van der Waals surface area contributed by atoms with E-state index in [0.29, 0.717) is 17.6 Å². The van der Waals surface area contributed by atoms with E-state index in [4.69, 9.17) is 11.6 Å². The van der Waals surface area contributed by atoms with E-state index in [0.717, 1.165) is 24.8 Å². The van der Waals surface area contributed by atoms with Gasteiger partial charge in [0.1, 0.15) is 5.82 Å². The lowest BCUT2D eigenvalue weighted by Gasteiger charge is -2.24. The Morgan fingerprint density at radius 2 is 2.35 bits per heavy atom. The molecule has 0 saturated carbocycles. The van der Waals surface area contributed by atoms with E-state index in [9.17, 15) is 4.39 Å². The molecule has 20 heavy (non-hydrogen) atoms. The van der Waals surface area contributed by atoms with Crippen LogP contribution in [0, 0.1) is 5.82 Å². The van der Waals surface area contributed by atoms with Crippen LogP contribution in [0.25, 0.3) is 0 Å². The highest BCUT2D eigenvalue weighted by atomic mass is 35.5. The lowest BCUT2D eigenvalue weighted by Crippen LogP contribution is -2.25. The molecule has 0 aliphatic heterocycles. The van der Waals surface area contributed by atoms with Gasteiger partial charge in [0.2, 0.25) is 0 Å². The third kappa shape index (κ3) is 2.58. The van der Waals surface area contributed by atoms with Crippen LogP contribution in [0.15, 0.2) is 24.4 Å². The lowest BCUT2D eigenvalue weighted by molar-refractivity contribution is 0.452. The summed E-state index contributed by atoms with van der Waals surface area (Å²) in [7, 11) is 1.98. The minimum atomic E-state index is -0.300. The Kier molecular flexibility index (Phi) is 3.76. The first-order valence-electron chi connectivity index (χ1n) is 6.83. The van der Waals surface area contributed by atoms with Gasteiger partial charge in [-0.3, -0.25) is 4.68 Å². The molecule has 0 bridgehead atoms. The molecular weight excluding hydrogens is 277 g/mol. The zero-order chi connectivity index (χ0) is 14.1. The fourth-order valence-electron chi connectivity index (χ4n) is 2.82. The SMILES string of the molecule is Cn1ncc2c1CCCC2NCc1ccc(F)cc1Cl. The molecule has 0 spiro atoms. The standard InChI is InChI=1S/C15H17ClFN3/c1-20-15-4-2-3-14(12(15)9-19-20)18-8-10-5-6-11(17)7-13(10)16/h5-7,9,14,18H,2-4,8H2,1H3. The minimum absolute atomic E-state index is 0.300. The summed E-state index contributed by atoms with van der Waals surface area (Å²) in [5, 5.41) is 8.31. The molecule has 1 N–H and O–H groups in total. The van der Waals surface area contributed by atoms with E-state index in [1.807, 2.05) is 17.9 Å². The molecule has 1 heterocycles. The van der Waals surface area contributed by atoms with E-state index in [-0.39, 0.29) is 5.82 Å². The fourth-order valence-corrected chi connectivity index (χ4v) is 3.05. The number of hydrogen-bond donors (Lipinski definition) is 1. The molecular formula is C15H17ClFN3. The van der Waals surface area contributed by atoms with Gasteiger partial charge in [0, 0.05) is 35.9 Å². The molecule has 3 rings (SSSR count). The third-order valence-corrected chi connectivity index (χ3v) is 4.28. The van der Waals surface area contributed by atoms with Crippen LogP contribution in [0.2, 0.25) is 5.02 Å². The zero-order valence-corrected chi connectivity index (χ0v) is 12.1. The van der Waals surface area contributed by atoms with Crippen molar-refractivity contribution in [2.45, 2.75) is 31.8 Å². The van der Waals surface area contributed by atoms with Gasteiger partial charge in [-0.2, -0.15) is 5.10 Å². The van der Waals surface area contributed by atoms with Crippen molar-refractivity contribution in [3.05, 3.63) is 52.1 Å². The van der Waals surface area contributed by atoms with Crippen molar-refractivity contribution in [2.75, 3.05) is 0 Å². The molecule has 1 aromatic heterocycles. The number of halogens is 2. The van der Waals surface area contributed by atoms with E-state index in [1.54, 1.807) is 6.07 Å². The summed E-state index contributed by atoms with van der Waals surface area (Å²) in [4.78, 5) is 0. The highest BCUT2D eigenvalue weighted by Crippen LogP contribution is 2.29. The maximum atomic E-state index is 13.0. The molecule has 0 amide bonds. The average molecular weight is 294 g/mol. The summed E-state index contributed by atoms with van der Waals surface area (Å²) in [5.41, 5.74) is 3.50. The molecule has 1 atom stereocenters. The van der Waals surface area contributed by atoms with Gasteiger partial charge >= 0.3 is 0 Å². The first kappa shape index (κ1) is 13.6. The topological polar surface area (TPSA) is 29.9 Å². The highest BCUT2D eigenvalue weighted by molar-refractivity contribution is 6.31. The molecule has 0 fully saturated rings. The van der Waals surface area contributed by atoms with Gasteiger partial charge in [0.25, 0.3) is 0 Å². The van der Waals surface area contributed by atoms with Crippen LogP contribution in [0.4, 0.5) is 4.39 Å². The normalized spacial score (nSPS) is 18.1. The third-order valence-electron chi connectivity index (χ3n) is 3.93. The van der Waals surface area contributed by atoms with Crippen LogP contribution in [0.5, 0.6) is 0 Å². The second kappa shape index (κ2) is 5.54. The van der Waals surface area contributed by atoms with Gasteiger partial charge < -0.3 is 5.32 Å². The average Bonchev–Trinajstić information content (AvgIpc) is 2.80. The summed E-state index contributed by atoms with van der Waals surface area (Å²) < 4.78 is 15.0. The Morgan fingerprint density at radius 3 is 3.15 bits per heavy atom. The van der Waals surface area contributed by atoms with Gasteiger partial charge in [-0.05, 0) is 37.0 Å². The van der Waals surface area contributed by atoms with Crippen LogP contribution < -0.4 is 5.32 Å². The number of nitrogens with one attached hydrogen (secondary N) is 1. The lowest BCUT2D eigenvalue weighted by atomic mass is 9.93. The summed E-state index contributed by atoms with van der Waals surface area (Å²) >= 11 is 6.06. The number of benzene rings is 1. The predicted molar refractivity (Wildman–Crippen MR) is 77.1 cm³/mol. The highest BCUT2D eigenvalue weighted by Gasteiger charge is 2.22. The smallest absolute Gasteiger partial charge is 0.124 e. The summed E-state index contributed by atoms with van der Waals surface area (Å²) in [6.45, 7) is 0.637. The van der Waals surface area contributed by atoms with E-state index in [1.165, 1.54) is 23.4 Å². The van der Waals surface area contributed by atoms with Crippen molar-refractivity contribution in [1.82, 2.24) is 15.1 Å². The molecule has 1 aromatic carbocycles. The second-order valence-corrected chi connectivity index (χ2v) is 5.64. The Hall–Kier alpha value is -1.39. The van der Waals surface area contributed by atoms with Gasteiger partial charge in [-0.15, -0.1) is 0 Å². The Morgan fingerprint density at radius 1 is 1.50 bits per heavy atom. The minimum Gasteiger partial charge on any atom is -0.306 e. The first-order chi connectivity index (χ1) is 9.65. The van der Waals surface area contributed by atoms with Crippen molar-refractivity contribution in [1.29, 1.82) is 0 Å². The van der Waals surface area contributed by atoms with E-state index >= 15 is 0 Å². The van der Waals surface area contributed by atoms with E-state index in [2.05, 4.69) is 10.4 Å². The van der Waals surface area contributed by atoms with Crippen molar-refractivity contribution < 1.29 is 4.39 Å². The molecule has 3 nitrogen and oxygen atoms in total. The van der Waals surface area contributed by atoms with Crippen LogP contribution in [-0.2, 0) is 20.0 Å². The van der Waals surface area contributed by atoms with Crippen LogP contribution in [0.1, 0.15) is 35.7 Å². The second-order valence-electron chi connectivity index (χ2n) is 5.23. The van der Waals surface area contributed by atoms with E-state index < -0.39 is 0 Å². The Labute approximate surface area is 122 Å². The number of rotatable bonds is 3. The molecule has 1 aliphatic carbocycles. The molecule has 106 valence electrons. The van der Waals surface area contributed by atoms with Crippen LogP contribution >= 0.6 is 11.6 Å². The van der Waals surface area contributed by atoms with Crippen molar-refractivity contribution in [2.24, 2.45) is 7.05 Å². The number of aromatic nitrogens is 2. The summed E-state index contributed by atoms with van der Waals surface area (Å²) in [5.74, 6) is -0.300. The zero-order valence-electron chi connectivity index (χ0n) is 11.4. The number of aryl methyl sites for hydroxylation is 1. The summed E-state index contributed by atoms with van der Waals surface area (Å²) in [6.07, 6.45) is 5.28. The molecule has 5 heteroatoms. The van der Waals surface area contributed by atoms with Gasteiger partial charge in [0.15, 0.2) is 0 Å². The van der Waals surface area contributed by atoms with Gasteiger partial charge in [-0.25, -0.2) is 4.39 Å². The molecule has 1 unspecified atom stereocenters. The molecule has 0 radical (unpaired) electrons. The maximum Gasteiger partial charge on any atom is 0.124 e. The quantitative estimate of drug-likeness (QED) is 0.940. The first-order valence-corrected chi connectivity index (χ1v) is 7.21. The molecule has 2 aromatic rings. The predicted octanol–water partition coefficient (Wildman–Crippen LogP) is 3.38. The number of hydrogen-bond acceptors (Lipinski definition) is 2. The Bertz CT molecular complexity index is 624. The van der Waals surface area contributed by atoms with Crippen molar-refractivity contribution in [3.8, 4) is 0 Å². The number of nitrogens with zero attached hydrogens (tertiary/aromatic N) is 2. The monoisotopic (exact) mass is 293 g/mol. The fraction of sp³-hybridized carbons (Fsp3) is 0.400. The number of fused-ring (bicyclic) bond motifs is 1. The largest absolute Gasteiger partial charge is 0.306 e. The molecule has 0 saturated heterocycles. The van der Waals surface area contributed by atoms with Crippen molar-refractivity contribution >= 4 is 11.6 Å².